The van der Waals surface area contributed by atoms with E-state index >= 15 is 0 Å². The quantitative estimate of drug-likeness (QED) is 0.603. The molecule has 0 aromatic carbocycles. The minimum Gasteiger partial charge on any atom is -0.396 e. The Kier molecular flexibility index (Phi) is 32.6. The van der Waals surface area contributed by atoms with Gasteiger partial charge < -0.3 is 10.2 Å². The summed E-state index contributed by atoms with van der Waals surface area (Å²) >= 11 is 0. The first-order chi connectivity index (χ1) is 7.33. The fraction of sp³-hybridized carbons (Fsp3) is 0.692. The normalized spacial score (nSPS) is 10.8. The van der Waals surface area contributed by atoms with Crippen LogP contribution < -0.4 is 0 Å². The van der Waals surface area contributed by atoms with Crippen molar-refractivity contribution >= 4 is 0 Å². The predicted octanol–water partition coefficient (Wildman–Crippen LogP) is 2.86. The van der Waals surface area contributed by atoms with Crippen LogP contribution in [0.5, 0.6) is 0 Å². The van der Waals surface area contributed by atoms with Crippen LogP contribution in [0.15, 0.2) is 18.2 Å². The number of rotatable bonds is 4. The minimum atomic E-state index is 0. The summed E-state index contributed by atoms with van der Waals surface area (Å²) in [6, 6.07) is 0. The van der Waals surface area contributed by atoms with E-state index in [2.05, 4.69) is 26.0 Å². The minimum absolute atomic E-state index is 0. The van der Waals surface area contributed by atoms with E-state index in [1.165, 1.54) is 0 Å². The van der Waals surface area contributed by atoms with Crippen molar-refractivity contribution in [2.24, 2.45) is 0 Å². The van der Waals surface area contributed by atoms with Crippen LogP contribution in [0.4, 0.5) is 0 Å². The summed E-state index contributed by atoms with van der Waals surface area (Å²) in [5.41, 5.74) is 0. The molecule has 1 rings (SSSR count). The van der Waals surface area contributed by atoms with Crippen LogP contribution >= 0.6 is 0 Å². The molecule has 0 saturated heterocycles. The molecule has 0 heterocycles. The first-order valence-electron chi connectivity index (χ1n) is 5.76. The maximum Gasteiger partial charge on any atom is 0.0430 e. The van der Waals surface area contributed by atoms with E-state index in [9.17, 15) is 0 Å². The average molecular weight is 261 g/mol. The van der Waals surface area contributed by atoms with Crippen molar-refractivity contribution in [3.05, 3.63) is 24.3 Å². The van der Waals surface area contributed by atoms with Crippen molar-refractivity contribution in [3.8, 4) is 0 Å². The molecule has 0 radical (unpaired) electrons. The molecular weight excluding hydrogens is 236 g/mol. The summed E-state index contributed by atoms with van der Waals surface area (Å²) in [5.74, 6) is 0. The Balaban J connectivity index is -0.000000154. The second kappa shape index (κ2) is 24.4. The summed E-state index contributed by atoms with van der Waals surface area (Å²) in [5, 5.41) is 16.1. The molecule has 3 heteroatoms. The van der Waals surface area contributed by atoms with E-state index in [4.69, 9.17) is 10.2 Å². The van der Waals surface area contributed by atoms with E-state index in [-0.39, 0.29) is 21.7 Å². The second-order valence-corrected chi connectivity index (χ2v) is 3.16. The van der Waals surface area contributed by atoms with Crippen LogP contribution in [0.2, 0.25) is 0 Å². The summed E-state index contributed by atoms with van der Waals surface area (Å²) < 4.78 is 0. The standard InChI is InChI=1S/C5H5.2C4H10O.Ti/c1-2-4-5-3-1;2*1-2-3-4-5;/h1-3H,4H2;2*5H,2-4H2,1H3;/q-1;;;. The van der Waals surface area contributed by atoms with Gasteiger partial charge in [-0.25, -0.2) is 12.2 Å². The number of hydrogen-bond acceptors (Lipinski definition) is 2. The fourth-order valence-corrected chi connectivity index (χ4v) is 0.656. The molecule has 2 nitrogen and oxygen atoms in total. The Bertz CT molecular complexity index is 125. The molecule has 0 unspecified atom stereocenters. The third-order valence-corrected chi connectivity index (χ3v) is 1.61. The van der Waals surface area contributed by atoms with Gasteiger partial charge in [0.1, 0.15) is 0 Å². The van der Waals surface area contributed by atoms with Gasteiger partial charge in [-0.15, -0.1) is 6.42 Å². The van der Waals surface area contributed by atoms with E-state index in [1.54, 1.807) is 0 Å². The summed E-state index contributed by atoms with van der Waals surface area (Å²) in [4.78, 5) is 0. The maximum absolute atomic E-state index is 8.07. The van der Waals surface area contributed by atoms with Gasteiger partial charge in [-0.2, -0.15) is 6.08 Å². The number of aliphatic hydroxyl groups is 2. The summed E-state index contributed by atoms with van der Waals surface area (Å²) in [7, 11) is 0. The van der Waals surface area contributed by atoms with Crippen molar-refractivity contribution in [2.45, 2.75) is 46.0 Å². The smallest absolute Gasteiger partial charge is 0.0430 e. The van der Waals surface area contributed by atoms with Gasteiger partial charge in [0.15, 0.2) is 0 Å². The molecule has 0 aromatic rings. The first-order valence-corrected chi connectivity index (χ1v) is 5.76. The first kappa shape index (κ1) is 21.4. The van der Waals surface area contributed by atoms with E-state index in [0.29, 0.717) is 13.2 Å². The Labute approximate surface area is 115 Å². The summed E-state index contributed by atoms with van der Waals surface area (Å²) in [6.45, 7) is 4.79. The zero-order chi connectivity index (χ0) is 11.8. The molecule has 0 atom stereocenters. The van der Waals surface area contributed by atoms with Gasteiger partial charge in [-0.3, -0.25) is 6.08 Å². The van der Waals surface area contributed by atoms with Gasteiger partial charge >= 0.3 is 0 Å². The van der Waals surface area contributed by atoms with E-state index in [1.807, 2.05) is 12.2 Å². The molecule has 0 amide bonds. The molecule has 16 heavy (non-hydrogen) atoms. The zero-order valence-electron chi connectivity index (χ0n) is 10.6. The van der Waals surface area contributed by atoms with Gasteiger partial charge in [0.05, 0.1) is 0 Å². The summed E-state index contributed by atoms with van der Waals surface area (Å²) in [6.07, 6.45) is 14.1. The Morgan fingerprint density at radius 1 is 1.06 bits per heavy atom. The second-order valence-electron chi connectivity index (χ2n) is 3.16. The van der Waals surface area contributed by atoms with Crippen molar-refractivity contribution in [1.29, 1.82) is 0 Å². The van der Waals surface area contributed by atoms with E-state index < -0.39 is 0 Å². The van der Waals surface area contributed by atoms with E-state index in [0.717, 1.165) is 32.1 Å². The van der Waals surface area contributed by atoms with Crippen LogP contribution in [0.3, 0.4) is 0 Å². The molecule has 0 saturated carbocycles. The van der Waals surface area contributed by atoms with Gasteiger partial charge in [-0.05, 0) is 12.8 Å². The molecule has 94 valence electrons. The van der Waals surface area contributed by atoms with Gasteiger partial charge in [0.25, 0.3) is 0 Å². The molecule has 0 aliphatic heterocycles. The SMILES string of the molecule is CCCCO.CCCCO.[C-]1=CC=CC1.[Ti]. The maximum atomic E-state index is 8.07. The topological polar surface area (TPSA) is 40.5 Å². The fourth-order valence-electron chi connectivity index (χ4n) is 0.656. The molecule has 0 fully saturated rings. The molecule has 0 bridgehead atoms. The number of aliphatic hydroxyl groups excluding tert-OH is 2. The van der Waals surface area contributed by atoms with Gasteiger partial charge in [-0.1, -0.05) is 26.7 Å². The Morgan fingerprint density at radius 3 is 1.62 bits per heavy atom. The number of unbranched alkanes of at least 4 members (excludes halogenated alkanes) is 2. The van der Waals surface area contributed by atoms with Crippen molar-refractivity contribution in [1.82, 2.24) is 0 Å². The molecule has 0 spiro atoms. The molecule has 0 aromatic heterocycles. The third-order valence-electron chi connectivity index (χ3n) is 1.61. The molecule has 2 N–H and O–H groups in total. The monoisotopic (exact) mass is 261 g/mol. The van der Waals surface area contributed by atoms with Gasteiger partial charge in [0, 0.05) is 34.9 Å². The van der Waals surface area contributed by atoms with Crippen LogP contribution in [0, 0.1) is 6.08 Å². The van der Waals surface area contributed by atoms with Crippen LogP contribution in [0.25, 0.3) is 0 Å². The molecular formula is C13H25O2Ti-. The Morgan fingerprint density at radius 2 is 1.56 bits per heavy atom. The average Bonchev–Trinajstić information content (AvgIpc) is 2.79. The van der Waals surface area contributed by atoms with Crippen LogP contribution in [-0.4, -0.2) is 23.4 Å². The number of hydrogen-bond donors (Lipinski definition) is 2. The molecule has 1 aliphatic rings. The third kappa shape index (κ3) is 29.2. The Hall–Kier alpha value is 0.114. The molecule has 1 aliphatic carbocycles. The largest absolute Gasteiger partial charge is 0.396 e. The number of allylic oxidation sites excluding steroid dienone is 4. The van der Waals surface area contributed by atoms with Crippen LogP contribution in [0.1, 0.15) is 46.0 Å². The zero-order valence-corrected chi connectivity index (χ0v) is 12.1. The van der Waals surface area contributed by atoms with Crippen molar-refractivity contribution in [3.63, 3.8) is 0 Å². The van der Waals surface area contributed by atoms with Crippen molar-refractivity contribution < 1.29 is 31.9 Å². The van der Waals surface area contributed by atoms with Gasteiger partial charge in [0.2, 0.25) is 0 Å². The van der Waals surface area contributed by atoms with Crippen LogP contribution in [-0.2, 0) is 21.7 Å². The predicted molar refractivity (Wildman–Crippen MR) is 65.6 cm³/mol. The van der Waals surface area contributed by atoms with Crippen molar-refractivity contribution in [2.75, 3.05) is 13.2 Å².